The highest BCUT2D eigenvalue weighted by Gasteiger charge is 2.10. The molecule has 7 heteroatoms. The van der Waals surface area contributed by atoms with Crippen LogP contribution in [-0.4, -0.2) is 35.1 Å². The van der Waals surface area contributed by atoms with Crippen molar-refractivity contribution in [2.75, 3.05) is 13.7 Å². The van der Waals surface area contributed by atoms with E-state index in [2.05, 4.69) is 15.0 Å². The fraction of sp³-hybridized carbons (Fsp3) is 0.286. The molecule has 0 unspecified atom stereocenters. The molecular formula is C14H15N3O4. The summed E-state index contributed by atoms with van der Waals surface area (Å²) in [5, 5.41) is 2.82. The number of carbonyl (C=O) groups is 2. The van der Waals surface area contributed by atoms with Crippen molar-refractivity contribution >= 4 is 22.8 Å². The Hall–Kier alpha value is -2.70. The lowest BCUT2D eigenvalue weighted by molar-refractivity contribution is -0.141. The minimum Gasteiger partial charge on any atom is -0.468 e. The van der Waals surface area contributed by atoms with Gasteiger partial charge >= 0.3 is 5.97 Å². The average Bonchev–Trinajstić information content (AvgIpc) is 2.48. The van der Waals surface area contributed by atoms with Crippen LogP contribution in [0.15, 0.2) is 29.3 Å². The van der Waals surface area contributed by atoms with Gasteiger partial charge in [0.1, 0.15) is 13.1 Å². The topological polar surface area (TPSA) is 90.3 Å². The highest BCUT2D eigenvalue weighted by atomic mass is 16.5. The molecule has 0 aliphatic carbocycles. The van der Waals surface area contributed by atoms with Crippen molar-refractivity contribution in [2.45, 2.75) is 13.5 Å². The standard InChI is InChI=1S/C14H15N3O4/c1-9-4-3-5-10-13(9)16-8-17(14(10)20)7-11(18)15-6-12(19)21-2/h3-5,8H,6-7H2,1-2H3,(H,15,18). The minimum atomic E-state index is -0.553. The molecule has 0 aliphatic heterocycles. The summed E-state index contributed by atoms with van der Waals surface area (Å²) in [6.45, 7) is 1.43. The maximum Gasteiger partial charge on any atom is 0.325 e. The van der Waals surface area contributed by atoms with E-state index in [4.69, 9.17) is 0 Å². The Labute approximate surface area is 120 Å². The molecule has 1 heterocycles. The van der Waals surface area contributed by atoms with E-state index in [0.717, 1.165) is 5.56 Å². The van der Waals surface area contributed by atoms with E-state index < -0.39 is 11.9 Å². The van der Waals surface area contributed by atoms with Crippen LogP contribution in [0.2, 0.25) is 0 Å². The van der Waals surface area contributed by atoms with Crippen LogP contribution in [-0.2, 0) is 20.9 Å². The number of aryl methyl sites for hydroxylation is 1. The Balaban J connectivity index is 2.20. The zero-order valence-electron chi connectivity index (χ0n) is 11.8. The van der Waals surface area contributed by atoms with Gasteiger partial charge in [-0.3, -0.25) is 19.0 Å². The molecule has 0 saturated heterocycles. The zero-order valence-corrected chi connectivity index (χ0v) is 11.8. The number of hydrogen-bond donors (Lipinski definition) is 1. The molecule has 2 aromatic rings. The van der Waals surface area contributed by atoms with Gasteiger partial charge in [0, 0.05) is 0 Å². The quantitative estimate of drug-likeness (QED) is 0.800. The van der Waals surface area contributed by atoms with Gasteiger partial charge in [-0.2, -0.15) is 0 Å². The number of rotatable bonds is 4. The number of para-hydroxylation sites is 1. The Bertz CT molecular complexity index is 751. The Kier molecular flexibility index (Phi) is 4.32. The number of nitrogens with zero attached hydrogens (tertiary/aromatic N) is 2. The fourth-order valence-corrected chi connectivity index (χ4v) is 1.90. The maximum atomic E-state index is 12.3. The van der Waals surface area contributed by atoms with Crippen LogP contribution in [0.25, 0.3) is 10.9 Å². The SMILES string of the molecule is COC(=O)CNC(=O)Cn1cnc2c(C)cccc2c1=O. The molecule has 0 aliphatic rings. The first-order chi connectivity index (χ1) is 10.0. The third-order valence-electron chi connectivity index (χ3n) is 3.03. The van der Waals surface area contributed by atoms with Gasteiger partial charge in [-0.15, -0.1) is 0 Å². The van der Waals surface area contributed by atoms with Crippen LogP contribution in [0.1, 0.15) is 5.56 Å². The van der Waals surface area contributed by atoms with Crippen molar-refractivity contribution in [1.29, 1.82) is 0 Å². The maximum absolute atomic E-state index is 12.3. The van der Waals surface area contributed by atoms with Gasteiger partial charge in [0.15, 0.2) is 0 Å². The van der Waals surface area contributed by atoms with Crippen molar-refractivity contribution in [3.63, 3.8) is 0 Å². The molecule has 1 aromatic carbocycles. The number of esters is 1. The number of carbonyl (C=O) groups excluding carboxylic acids is 2. The molecule has 0 radical (unpaired) electrons. The fourth-order valence-electron chi connectivity index (χ4n) is 1.90. The van der Waals surface area contributed by atoms with E-state index in [1.807, 2.05) is 13.0 Å². The number of nitrogens with one attached hydrogen (secondary N) is 1. The number of benzene rings is 1. The van der Waals surface area contributed by atoms with E-state index in [1.54, 1.807) is 12.1 Å². The van der Waals surface area contributed by atoms with Gasteiger partial charge in [-0.25, -0.2) is 4.98 Å². The normalized spacial score (nSPS) is 10.4. The number of fused-ring (bicyclic) bond motifs is 1. The van der Waals surface area contributed by atoms with Gasteiger partial charge in [-0.1, -0.05) is 12.1 Å². The van der Waals surface area contributed by atoms with Crippen LogP contribution in [0.4, 0.5) is 0 Å². The summed E-state index contributed by atoms with van der Waals surface area (Å²) < 4.78 is 5.61. The second-order valence-electron chi connectivity index (χ2n) is 4.50. The second kappa shape index (κ2) is 6.17. The summed E-state index contributed by atoms with van der Waals surface area (Å²) in [6.07, 6.45) is 1.33. The first-order valence-electron chi connectivity index (χ1n) is 6.31. The molecule has 0 bridgehead atoms. The first-order valence-corrected chi connectivity index (χ1v) is 6.31. The van der Waals surface area contributed by atoms with E-state index in [9.17, 15) is 14.4 Å². The van der Waals surface area contributed by atoms with Crippen molar-refractivity contribution in [3.05, 3.63) is 40.4 Å². The van der Waals surface area contributed by atoms with Crippen molar-refractivity contribution in [2.24, 2.45) is 0 Å². The molecular weight excluding hydrogens is 274 g/mol. The van der Waals surface area contributed by atoms with E-state index >= 15 is 0 Å². The third kappa shape index (κ3) is 3.25. The van der Waals surface area contributed by atoms with E-state index in [1.165, 1.54) is 18.0 Å². The summed E-state index contributed by atoms with van der Waals surface area (Å²) in [6, 6.07) is 5.30. The lowest BCUT2D eigenvalue weighted by Crippen LogP contribution is -2.35. The molecule has 21 heavy (non-hydrogen) atoms. The van der Waals surface area contributed by atoms with Crippen LogP contribution in [0, 0.1) is 6.92 Å². The van der Waals surface area contributed by atoms with Crippen LogP contribution in [0.3, 0.4) is 0 Å². The smallest absolute Gasteiger partial charge is 0.325 e. The Morgan fingerprint density at radius 1 is 1.38 bits per heavy atom. The summed E-state index contributed by atoms with van der Waals surface area (Å²) in [5.41, 5.74) is 1.22. The van der Waals surface area contributed by atoms with E-state index in [-0.39, 0.29) is 18.6 Å². The average molecular weight is 289 g/mol. The summed E-state index contributed by atoms with van der Waals surface area (Å²) in [4.78, 5) is 39.1. The number of amides is 1. The molecule has 1 aromatic heterocycles. The summed E-state index contributed by atoms with van der Waals surface area (Å²) >= 11 is 0. The monoisotopic (exact) mass is 289 g/mol. The van der Waals surface area contributed by atoms with Crippen molar-refractivity contribution in [3.8, 4) is 0 Å². The minimum absolute atomic E-state index is 0.202. The van der Waals surface area contributed by atoms with Gasteiger partial charge in [0.25, 0.3) is 5.56 Å². The predicted molar refractivity (Wildman–Crippen MR) is 75.8 cm³/mol. The lowest BCUT2D eigenvalue weighted by Gasteiger charge is -2.08. The Morgan fingerprint density at radius 2 is 2.14 bits per heavy atom. The van der Waals surface area contributed by atoms with Crippen LogP contribution in [0.5, 0.6) is 0 Å². The number of aromatic nitrogens is 2. The van der Waals surface area contributed by atoms with Gasteiger partial charge < -0.3 is 10.1 Å². The molecule has 110 valence electrons. The van der Waals surface area contributed by atoms with Crippen LogP contribution < -0.4 is 10.9 Å². The van der Waals surface area contributed by atoms with Crippen molar-refractivity contribution < 1.29 is 14.3 Å². The van der Waals surface area contributed by atoms with E-state index in [0.29, 0.717) is 10.9 Å². The van der Waals surface area contributed by atoms with Gasteiger partial charge in [-0.05, 0) is 18.6 Å². The molecule has 0 atom stereocenters. The van der Waals surface area contributed by atoms with Gasteiger partial charge in [0.2, 0.25) is 5.91 Å². The molecule has 1 N–H and O–H groups in total. The number of ether oxygens (including phenoxy) is 1. The first kappa shape index (κ1) is 14.7. The van der Waals surface area contributed by atoms with Gasteiger partial charge in [0.05, 0.1) is 24.3 Å². The predicted octanol–water partition coefficient (Wildman–Crippen LogP) is -0.00588. The molecule has 0 fully saturated rings. The Morgan fingerprint density at radius 3 is 2.86 bits per heavy atom. The third-order valence-corrected chi connectivity index (χ3v) is 3.03. The second-order valence-corrected chi connectivity index (χ2v) is 4.50. The zero-order chi connectivity index (χ0) is 15.4. The molecule has 1 amide bonds. The number of methoxy groups -OCH3 is 1. The summed E-state index contributed by atoms with van der Waals surface area (Å²) in [5.74, 6) is -1.01. The molecule has 0 spiro atoms. The highest BCUT2D eigenvalue weighted by molar-refractivity contribution is 5.83. The molecule has 0 saturated carbocycles. The number of hydrogen-bond acceptors (Lipinski definition) is 5. The highest BCUT2D eigenvalue weighted by Crippen LogP contribution is 2.10. The molecule has 2 rings (SSSR count). The van der Waals surface area contributed by atoms with Crippen molar-refractivity contribution in [1.82, 2.24) is 14.9 Å². The summed E-state index contributed by atoms with van der Waals surface area (Å²) in [7, 11) is 1.23. The lowest BCUT2D eigenvalue weighted by atomic mass is 10.1. The largest absolute Gasteiger partial charge is 0.468 e. The van der Waals surface area contributed by atoms with Crippen LogP contribution >= 0.6 is 0 Å². The molecule has 7 nitrogen and oxygen atoms in total.